The topological polar surface area (TPSA) is 55.0 Å². The van der Waals surface area contributed by atoms with Crippen molar-refractivity contribution in [1.82, 2.24) is 9.97 Å². The number of hydrogen-bond donors (Lipinski definition) is 1. The molecule has 4 nitrogen and oxygen atoms in total. The fourth-order valence-corrected chi connectivity index (χ4v) is 1.45. The standard InChI is InChI=1S/C11H18N2O2/c1-5-6-9(15-4)10-12-8(3)7(2)11(14)13-10/h9H,5-6H2,1-4H3,(H,12,13,14). The van der Waals surface area contributed by atoms with Gasteiger partial charge in [-0.3, -0.25) is 4.79 Å². The molecule has 15 heavy (non-hydrogen) atoms. The molecule has 0 aliphatic heterocycles. The third kappa shape index (κ3) is 2.65. The van der Waals surface area contributed by atoms with Crippen LogP contribution in [-0.2, 0) is 4.74 Å². The second-order valence-corrected chi connectivity index (χ2v) is 3.67. The minimum Gasteiger partial charge on any atom is -0.374 e. The molecule has 0 saturated heterocycles. The Labute approximate surface area is 89.7 Å². The molecule has 84 valence electrons. The largest absolute Gasteiger partial charge is 0.374 e. The van der Waals surface area contributed by atoms with Crippen LogP contribution in [0.2, 0.25) is 0 Å². The van der Waals surface area contributed by atoms with Gasteiger partial charge >= 0.3 is 0 Å². The zero-order valence-corrected chi connectivity index (χ0v) is 9.76. The highest BCUT2D eigenvalue weighted by atomic mass is 16.5. The summed E-state index contributed by atoms with van der Waals surface area (Å²) < 4.78 is 5.29. The first-order valence-electron chi connectivity index (χ1n) is 5.20. The lowest BCUT2D eigenvalue weighted by Gasteiger charge is -2.14. The van der Waals surface area contributed by atoms with Crippen LogP contribution in [0.25, 0.3) is 0 Å². The summed E-state index contributed by atoms with van der Waals surface area (Å²) in [6, 6.07) is 0. The molecule has 0 aromatic carbocycles. The van der Waals surface area contributed by atoms with Crippen LogP contribution in [0.3, 0.4) is 0 Å². The number of rotatable bonds is 4. The second kappa shape index (κ2) is 5.07. The molecule has 0 fully saturated rings. The fourth-order valence-electron chi connectivity index (χ4n) is 1.45. The predicted molar refractivity (Wildman–Crippen MR) is 59.0 cm³/mol. The summed E-state index contributed by atoms with van der Waals surface area (Å²) in [6.45, 7) is 5.69. The van der Waals surface area contributed by atoms with E-state index in [0.717, 1.165) is 18.5 Å². The van der Waals surface area contributed by atoms with Gasteiger partial charge in [-0.2, -0.15) is 0 Å². The van der Waals surface area contributed by atoms with Gasteiger partial charge in [0, 0.05) is 18.4 Å². The van der Waals surface area contributed by atoms with Crippen molar-refractivity contribution in [3.8, 4) is 0 Å². The van der Waals surface area contributed by atoms with Gasteiger partial charge in [0.2, 0.25) is 0 Å². The number of aromatic amines is 1. The van der Waals surface area contributed by atoms with Gasteiger partial charge in [0.05, 0.1) is 0 Å². The number of methoxy groups -OCH3 is 1. The fraction of sp³-hybridized carbons (Fsp3) is 0.636. The van der Waals surface area contributed by atoms with Crippen molar-refractivity contribution in [2.75, 3.05) is 7.11 Å². The van der Waals surface area contributed by atoms with E-state index >= 15 is 0 Å². The average molecular weight is 210 g/mol. The van der Waals surface area contributed by atoms with E-state index in [-0.39, 0.29) is 11.7 Å². The van der Waals surface area contributed by atoms with E-state index in [1.165, 1.54) is 0 Å². The van der Waals surface area contributed by atoms with Gasteiger partial charge in [-0.25, -0.2) is 4.98 Å². The van der Waals surface area contributed by atoms with Gasteiger partial charge in [0.1, 0.15) is 11.9 Å². The van der Waals surface area contributed by atoms with Crippen molar-refractivity contribution in [3.63, 3.8) is 0 Å². The average Bonchev–Trinajstić information content (AvgIpc) is 2.22. The van der Waals surface area contributed by atoms with Crippen LogP contribution in [-0.4, -0.2) is 17.1 Å². The molecule has 0 amide bonds. The number of nitrogens with zero attached hydrogens (tertiary/aromatic N) is 1. The summed E-state index contributed by atoms with van der Waals surface area (Å²) in [6.07, 6.45) is 1.75. The zero-order chi connectivity index (χ0) is 11.4. The van der Waals surface area contributed by atoms with Crippen molar-refractivity contribution in [2.45, 2.75) is 39.7 Å². The summed E-state index contributed by atoms with van der Waals surface area (Å²) in [4.78, 5) is 18.6. The van der Waals surface area contributed by atoms with Crippen LogP contribution in [0.4, 0.5) is 0 Å². The maximum absolute atomic E-state index is 11.5. The number of aromatic nitrogens is 2. The molecule has 0 aliphatic carbocycles. The molecule has 1 aromatic heterocycles. The molecule has 0 spiro atoms. The van der Waals surface area contributed by atoms with Crippen molar-refractivity contribution < 1.29 is 4.74 Å². The highest BCUT2D eigenvalue weighted by Crippen LogP contribution is 2.17. The van der Waals surface area contributed by atoms with E-state index < -0.39 is 0 Å². The lowest BCUT2D eigenvalue weighted by atomic mass is 10.2. The monoisotopic (exact) mass is 210 g/mol. The first-order chi connectivity index (χ1) is 7.10. The molecule has 1 aromatic rings. The van der Waals surface area contributed by atoms with Crippen molar-refractivity contribution >= 4 is 0 Å². The van der Waals surface area contributed by atoms with E-state index in [0.29, 0.717) is 11.4 Å². The Kier molecular flexibility index (Phi) is 4.03. The summed E-state index contributed by atoms with van der Waals surface area (Å²) in [5.41, 5.74) is 1.37. The van der Waals surface area contributed by atoms with Gasteiger partial charge < -0.3 is 9.72 Å². The van der Waals surface area contributed by atoms with Crippen molar-refractivity contribution in [1.29, 1.82) is 0 Å². The quantitative estimate of drug-likeness (QED) is 0.825. The molecule has 1 unspecified atom stereocenters. The summed E-state index contributed by atoms with van der Waals surface area (Å²) in [5.74, 6) is 0.632. The minimum absolute atomic E-state index is 0.0735. The Bertz CT molecular complexity index is 385. The SMILES string of the molecule is CCCC(OC)c1nc(C)c(C)c(=O)[nH]1. The smallest absolute Gasteiger partial charge is 0.254 e. The molecule has 0 bridgehead atoms. The number of ether oxygens (including phenoxy) is 1. The van der Waals surface area contributed by atoms with E-state index in [2.05, 4.69) is 16.9 Å². The molecule has 0 radical (unpaired) electrons. The van der Waals surface area contributed by atoms with Crippen molar-refractivity contribution in [3.05, 3.63) is 27.4 Å². The summed E-state index contributed by atoms with van der Waals surface area (Å²) in [5, 5.41) is 0. The third-order valence-corrected chi connectivity index (χ3v) is 2.55. The Morgan fingerprint density at radius 1 is 1.47 bits per heavy atom. The molecular weight excluding hydrogens is 192 g/mol. The number of aryl methyl sites for hydroxylation is 1. The first-order valence-corrected chi connectivity index (χ1v) is 5.20. The van der Waals surface area contributed by atoms with Gasteiger partial charge in [0.25, 0.3) is 5.56 Å². The maximum atomic E-state index is 11.5. The second-order valence-electron chi connectivity index (χ2n) is 3.67. The van der Waals surface area contributed by atoms with E-state index in [1.807, 2.05) is 6.92 Å². The number of hydrogen-bond acceptors (Lipinski definition) is 3. The molecule has 1 heterocycles. The Hall–Kier alpha value is -1.16. The molecule has 0 saturated carbocycles. The Morgan fingerprint density at radius 3 is 2.60 bits per heavy atom. The van der Waals surface area contributed by atoms with Gasteiger partial charge in [-0.05, 0) is 20.3 Å². The highest BCUT2D eigenvalue weighted by molar-refractivity contribution is 5.14. The van der Waals surface area contributed by atoms with Crippen LogP contribution in [0.5, 0.6) is 0 Å². The van der Waals surface area contributed by atoms with Gasteiger partial charge in [0.15, 0.2) is 0 Å². The Balaban J connectivity index is 3.09. The van der Waals surface area contributed by atoms with Crippen molar-refractivity contribution in [2.24, 2.45) is 0 Å². The van der Waals surface area contributed by atoms with Crippen LogP contribution in [0, 0.1) is 13.8 Å². The minimum atomic E-state index is -0.109. The van der Waals surface area contributed by atoms with Crippen LogP contribution >= 0.6 is 0 Å². The van der Waals surface area contributed by atoms with Gasteiger partial charge in [-0.15, -0.1) is 0 Å². The number of H-pyrrole nitrogens is 1. The van der Waals surface area contributed by atoms with E-state index in [1.54, 1.807) is 14.0 Å². The number of nitrogens with one attached hydrogen (secondary N) is 1. The third-order valence-electron chi connectivity index (χ3n) is 2.55. The lowest BCUT2D eigenvalue weighted by molar-refractivity contribution is 0.0872. The first kappa shape index (κ1) is 11.9. The molecule has 4 heteroatoms. The maximum Gasteiger partial charge on any atom is 0.254 e. The van der Waals surface area contributed by atoms with Gasteiger partial charge in [-0.1, -0.05) is 13.3 Å². The molecule has 1 N–H and O–H groups in total. The highest BCUT2D eigenvalue weighted by Gasteiger charge is 2.13. The zero-order valence-electron chi connectivity index (χ0n) is 9.76. The van der Waals surface area contributed by atoms with E-state index in [4.69, 9.17) is 4.74 Å². The van der Waals surface area contributed by atoms with E-state index in [9.17, 15) is 4.79 Å². The molecule has 1 atom stereocenters. The molecular formula is C11H18N2O2. The predicted octanol–water partition coefficient (Wildman–Crippen LogP) is 1.87. The molecule has 0 aliphatic rings. The molecule has 1 rings (SSSR count). The summed E-state index contributed by atoms with van der Waals surface area (Å²) >= 11 is 0. The van der Waals surface area contributed by atoms with Crippen LogP contribution in [0.15, 0.2) is 4.79 Å². The summed E-state index contributed by atoms with van der Waals surface area (Å²) in [7, 11) is 1.63. The van der Waals surface area contributed by atoms with Crippen LogP contribution in [0.1, 0.15) is 43.0 Å². The lowest BCUT2D eigenvalue weighted by Crippen LogP contribution is -2.19. The Morgan fingerprint density at radius 2 is 2.13 bits per heavy atom. The normalized spacial score (nSPS) is 12.8. The van der Waals surface area contributed by atoms with Crippen LogP contribution < -0.4 is 5.56 Å².